The van der Waals surface area contributed by atoms with Gasteiger partial charge >= 0.3 is 5.97 Å². The lowest BCUT2D eigenvalue weighted by Crippen LogP contribution is -2.23. The Morgan fingerprint density at radius 3 is 2.02 bits per heavy atom. The van der Waals surface area contributed by atoms with Crippen LogP contribution in [0.25, 0.3) is 0 Å². The number of unbranched alkanes of at least 4 members (excludes halogenated alkanes) is 1. The van der Waals surface area contributed by atoms with E-state index < -0.39 is 0 Å². The molecule has 0 amide bonds. The number of hydrogen-bond donors (Lipinski definition) is 3. The number of hydrogen-bond acceptors (Lipinski definition) is 8. The van der Waals surface area contributed by atoms with E-state index in [9.17, 15) is 9.59 Å². The number of nitrogens with one attached hydrogen (secondary N) is 2. The molecule has 280 valence electrons. The average Bonchev–Trinajstić information content (AvgIpc) is 3.11. The molecule has 0 heterocycles. The molecule has 0 aliphatic heterocycles. The van der Waals surface area contributed by atoms with Crippen LogP contribution in [0.3, 0.4) is 0 Å². The van der Waals surface area contributed by atoms with Crippen LogP contribution in [-0.4, -0.2) is 44.9 Å². The van der Waals surface area contributed by atoms with Crippen LogP contribution >= 0.6 is 0 Å². The summed E-state index contributed by atoms with van der Waals surface area (Å²) in [5.74, 6) is 0.514. The summed E-state index contributed by atoms with van der Waals surface area (Å²) in [5.41, 5.74) is 11.7. The highest BCUT2D eigenvalue weighted by Crippen LogP contribution is 2.24. The molecular formula is C42H69N5O3. The van der Waals surface area contributed by atoms with Crippen LogP contribution in [0.15, 0.2) is 104 Å². The number of ether oxygens (including phenoxy) is 1. The van der Waals surface area contributed by atoms with Crippen molar-refractivity contribution in [2.24, 2.45) is 21.6 Å². The highest BCUT2D eigenvalue weighted by molar-refractivity contribution is 6.08. The molecule has 1 fully saturated rings. The van der Waals surface area contributed by atoms with E-state index in [0.29, 0.717) is 22.7 Å². The van der Waals surface area contributed by atoms with Crippen molar-refractivity contribution in [1.82, 2.24) is 10.6 Å². The van der Waals surface area contributed by atoms with E-state index in [4.69, 9.17) is 5.73 Å². The number of aliphatic imine (C=N–C) groups is 2. The van der Waals surface area contributed by atoms with Crippen molar-refractivity contribution in [1.29, 1.82) is 0 Å². The zero-order valence-electron chi connectivity index (χ0n) is 33.2. The summed E-state index contributed by atoms with van der Waals surface area (Å²) in [6.45, 7) is 22.2. The van der Waals surface area contributed by atoms with Gasteiger partial charge in [-0.15, -0.1) is 0 Å². The van der Waals surface area contributed by atoms with Crippen LogP contribution in [0, 0.1) is 5.92 Å². The summed E-state index contributed by atoms with van der Waals surface area (Å²) in [6, 6.07) is 0. The second-order valence-electron chi connectivity index (χ2n) is 12.1. The molecule has 0 bridgehead atoms. The van der Waals surface area contributed by atoms with Crippen LogP contribution < -0.4 is 16.4 Å². The van der Waals surface area contributed by atoms with Crippen molar-refractivity contribution in [2.45, 2.75) is 120 Å². The molecule has 0 aromatic carbocycles. The zero-order valence-corrected chi connectivity index (χ0v) is 33.2. The second-order valence-corrected chi connectivity index (χ2v) is 12.1. The van der Waals surface area contributed by atoms with E-state index in [-0.39, 0.29) is 24.2 Å². The molecule has 0 spiro atoms. The Balaban J connectivity index is 0. The first-order valence-corrected chi connectivity index (χ1v) is 18.2. The molecule has 0 aromatic rings. The number of allylic oxidation sites excluding steroid dienone is 11. The number of nitrogens with zero attached hydrogens (tertiary/aromatic N) is 2. The van der Waals surface area contributed by atoms with Gasteiger partial charge in [-0.3, -0.25) is 14.6 Å². The highest BCUT2D eigenvalue weighted by Gasteiger charge is 2.21. The van der Waals surface area contributed by atoms with E-state index in [0.717, 1.165) is 48.1 Å². The molecule has 1 aliphatic rings. The SMILES string of the molecule is C=C(\N=C/C=C(C)/C(/C=N\C=C/C)=C\CC)NC/C(C(=O)/C(C)=C/C=C(NC)\C(C)=C\CC)=C(\C)N.CCCC.COC(=O)C1CCCCC1. The first kappa shape index (κ1) is 47.9. The number of rotatable bonds is 17. The number of likely N-dealkylation sites (N-methyl/N-ethyl adjacent to an activating group) is 1. The minimum absolute atomic E-state index is 0.0142. The van der Waals surface area contributed by atoms with E-state index in [1.165, 1.54) is 39.2 Å². The lowest BCUT2D eigenvalue weighted by atomic mass is 9.89. The molecular weight excluding hydrogens is 622 g/mol. The fourth-order valence-corrected chi connectivity index (χ4v) is 4.57. The van der Waals surface area contributed by atoms with Crippen molar-refractivity contribution >= 4 is 24.2 Å². The van der Waals surface area contributed by atoms with Crippen molar-refractivity contribution in [2.75, 3.05) is 20.7 Å². The molecule has 1 aliphatic carbocycles. The Morgan fingerprint density at radius 2 is 1.52 bits per heavy atom. The Kier molecular flexibility index (Phi) is 29.5. The summed E-state index contributed by atoms with van der Waals surface area (Å²) in [4.78, 5) is 32.6. The maximum Gasteiger partial charge on any atom is 0.308 e. The molecule has 0 radical (unpaired) electrons. The van der Waals surface area contributed by atoms with Crippen LogP contribution in [0.2, 0.25) is 0 Å². The fourth-order valence-electron chi connectivity index (χ4n) is 4.57. The highest BCUT2D eigenvalue weighted by atomic mass is 16.5. The quantitative estimate of drug-likeness (QED) is 0.0605. The lowest BCUT2D eigenvalue weighted by Gasteiger charge is -2.18. The standard InChI is InChI=1S/C30H45N5O.C8H14O2.C4H10/c1-10-13-23(5)29(32-9)16-15-24(6)30(36)28(25(7)31)21-35-26(8)34-19-17-22(4)27(14-11-2)20-33-18-12-3;1-10-8(9)7-5-3-2-4-6-7;1-3-4-2/h12-20,32,35H,8,10-11,21,31H2,1-7,9H3;7H,2-6H2,1H3;3-4H2,1-2H3/b18-12-,22-17+,23-13+,24-15+,27-14-,28-25-,29-16+,33-20-,34-19-;;. The topological polar surface area (TPSA) is 118 Å². The number of ketones is 1. The smallest absolute Gasteiger partial charge is 0.308 e. The van der Waals surface area contributed by atoms with Gasteiger partial charge in [0.25, 0.3) is 0 Å². The third-order valence-corrected chi connectivity index (χ3v) is 7.80. The fraction of sp³-hybridized carbons (Fsp3) is 0.524. The Morgan fingerprint density at radius 1 is 0.900 bits per heavy atom. The molecule has 0 atom stereocenters. The number of methoxy groups -OCH3 is 1. The third-order valence-electron chi connectivity index (χ3n) is 7.80. The number of carbonyl (C=O) groups is 2. The zero-order chi connectivity index (χ0) is 38.3. The number of nitrogens with two attached hydrogens (primary N) is 1. The summed E-state index contributed by atoms with van der Waals surface area (Å²) in [7, 11) is 3.33. The predicted octanol–water partition coefficient (Wildman–Crippen LogP) is 9.76. The van der Waals surface area contributed by atoms with Gasteiger partial charge in [-0.05, 0) is 94.7 Å². The second kappa shape index (κ2) is 30.8. The maximum atomic E-state index is 13.0. The van der Waals surface area contributed by atoms with Gasteiger partial charge in [0, 0.05) is 49.2 Å². The summed E-state index contributed by atoms with van der Waals surface area (Å²) < 4.78 is 4.65. The maximum absolute atomic E-state index is 13.0. The average molecular weight is 692 g/mol. The molecule has 0 saturated heterocycles. The minimum atomic E-state index is -0.117. The van der Waals surface area contributed by atoms with Crippen LogP contribution in [0.1, 0.15) is 120 Å². The lowest BCUT2D eigenvalue weighted by molar-refractivity contribution is -0.146. The Labute approximate surface area is 305 Å². The molecule has 4 N–H and O–H groups in total. The first-order valence-electron chi connectivity index (χ1n) is 18.2. The van der Waals surface area contributed by atoms with E-state index in [1.54, 1.807) is 26.3 Å². The Hall–Kier alpha value is -4.20. The van der Waals surface area contributed by atoms with Crippen LogP contribution in [0.5, 0.6) is 0 Å². The van der Waals surface area contributed by atoms with Gasteiger partial charge in [0.2, 0.25) is 0 Å². The van der Waals surface area contributed by atoms with Gasteiger partial charge in [-0.2, -0.15) is 0 Å². The number of esters is 1. The van der Waals surface area contributed by atoms with Gasteiger partial charge in [-0.25, -0.2) is 4.99 Å². The van der Waals surface area contributed by atoms with Crippen molar-refractivity contribution in [3.8, 4) is 0 Å². The third kappa shape index (κ3) is 22.4. The van der Waals surface area contributed by atoms with Gasteiger partial charge in [0.05, 0.1) is 13.0 Å². The molecule has 50 heavy (non-hydrogen) atoms. The Bertz CT molecular complexity index is 1290. The van der Waals surface area contributed by atoms with Gasteiger partial charge < -0.3 is 21.1 Å². The van der Waals surface area contributed by atoms with Gasteiger partial charge in [-0.1, -0.05) is 90.7 Å². The van der Waals surface area contributed by atoms with Crippen molar-refractivity contribution < 1.29 is 14.3 Å². The van der Waals surface area contributed by atoms with Crippen LogP contribution in [0.4, 0.5) is 0 Å². The van der Waals surface area contributed by atoms with E-state index >= 15 is 0 Å². The molecule has 1 rings (SSSR count). The van der Waals surface area contributed by atoms with Crippen molar-refractivity contribution in [3.05, 3.63) is 94.3 Å². The van der Waals surface area contributed by atoms with Gasteiger partial charge in [0.15, 0.2) is 5.78 Å². The summed E-state index contributed by atoms with van der Waals surface area (Å²) >= 11 is 0. The normalized spacial score (nSPS) is 15.6. The first-order chi connectivity index (χ1) is 23.9. The number of carbonyl (C=O) groups excluding carboxylic acids is 2. The van der Waals surface area contributed by atoms with Gasteiger partial charge in [0.1, 0.15) is 5.82 Å². The molecule has 8 nitrogen and oxygen atoms in total. The van der Waals surface area contributed by atoms with Crippen molar-refractivity contribution in [3.63, 3.8) is 0 Å². The number of Topliss-reactive ketones (excluding diaryl/α,β-unsaturated/α-hetero) is 1. The molecule has 1 saturated carbocycles. The minimum Gasteiger partial charge on any atom is -0.469 e. The van der Waals surface area contributed by atoms with E-state index in [2.05, 4.69) is 71.8 Å². The largest absolute Gasteiger partial charge is 0.469 e. The summed E-state index contributed by atoms with van der Waals surface area (Å²) in [5, 5.41) is 6.26. The predicted molar refractivity (Wildman–Crippen MR) is 217 cm³/mol. The van der Waals surface area contributed by atoms with Crippen LogP contribution in [-0.2, 0) is 14.3 Å². The molecule has 0 aromatic heterocycles. The monoisotopic (exact) mass is 692 g/mol. The van der Waals surface area contributed by atoms with E-state index in [1.807, 2.05) is 58.3 Å². The molecule has 8 heteroatoms. The molecule has 0 unspecified atom stereocenters. The summed E-state index contributed by atoms with van der Waals surface area (Å²) in [6.07, 6.45) is 27.2.